The average molecular weight is 298 g/mol. The van der Waals surface area contributed by atoms with Crippen LogP contribution in [0.3, 0.4) is 0 Å². The highest BCUT2D eigenvalue weighted by molar-refractivity contribution is 5.80. The molecule has 1 unspecified atom stereocenters. The Morgan fingerprint density at radius 2 is 2.23 bits per heavy atom. The van der Waals surface area contributed by atoms with Gasteiger partial charge >= 0.3 is 0 Å². The zero-order valence-corrected chi connectivity index (χ0v) is 13.0. The lowest BCUT2D eigenvalue weighted by Gasteiger charge is -2.29. The number of carbonyl (C=O) groups is 1. The lowest BCUT2D eigenvalue weighted by Crippen LogP contribution is -2.37. The van der Waals surface area contributed by atoms with Crippen molar-refractivity contribution in [2.45, 2.75) is 45.1 Å². The van der Waals surface area contributed by atoms with Crippen LogP contribution in [0.1, 0.15) is 44.3 Å². The quantitative estimate of drug-likeness (QED) is 0.875. The first-order chi connectivity index (χ1) is 10.8. The maximum atomic E-state index is 12.4. The fraction of sp³-hybridized carbons (Fsp3) is 0.588. The van der Waals surface area contributed by atoms with E-state index in [0.717, 1.165) is 55.9 Å². The smallest absolute Gasteiger partial charge is 0.225 e. The summed E-state index contributed by atoms with van der Waals surface area (Å²) in [6.45, 7) is 4.69. The number of amides is 1. The Bertz CT molecular complexity index is 704. The van der Waals surface area contributed by atoms with E-state index in [4.69, 9.17) is 4.98 Å². The van der Waals surface area contributed by atoms with Crippen LogP contribution in [0.25, 0.3) is 11.2 Å². The number of hydrogen-bond acceptors (Lipinski definition) is 3. The van der Waals surface area contributed by atoms with Crippen molar-refractivity contribution in [3.63, 3.8) is 0 Å². The predicted molar refractivity (Wildman–Crippen MR) is 84.5 cm³/mol. The molecule has 2 aromatic rings. The normalized spacial score (nSPS) is 22.2. The number of hydrogen-bond donors (Lipinski definition) is 0. The van der Waals surface area contributed by atoms with Gasteiger partial charge in [-0.1, -0.05) is 6.42 Å². The second kappa shape index (κ2) is 5.38. The summed E-state index contributed by atoms with van der Waals surface area (Å²) in [5.74, 6) is 2.11. The molecular weight excluding hydrogens is 276 g/mol. The number of imidazole rings is 1. The predicted octanol–water partition coefficient (Wildman–Crippen LogP) is 2.57. The number of likely N-dealkylation sites (tertiary alicyclic amines) is 1. The van der Waals surface area contributed by atoms with E-state index in [1.54, 1.807) is 0 Å². The van der Waals surface area contributed by atoms with E-state index in [-0.39, 0.29) is 0 Å². The molecule has 0 spiro atoms. The second-order valence-corrected chi connectivity index (χ2v) is 6.46. The standard InChI is InChI=1S/C17H22N4O/c1-2-21-15(19-14-7-4-9-18-16(14)21)13-8-10-20(11-13)17(22)12-5-3-6-12/h4,7,9,12-13H,2-3,5-6,8,10-11H2,1H3. The first kappa shape index (κ1) is 13.7. The molecule has 1 saturated heterocycles. The highest BCUT2D eigenvalue weighted by Crippen LogP contribution is 2.33. The second-order valence-electron chi connectivity index (χ2n) is 6.46. The zero-order valence-electron chi connectivity index (χ0n) is 13.0. The SMILES string of the molecule is CCn1c(C2CCN(C(=O)C3CCC3)C2)nc2cccnc21. The van der Waals surface area contributed by atoms with Crippen LogP contribution in [-0.4, -0.2) is 38.4 Å². The largest absolute Gasteiger partial charge is 0.342 e. The molecule has 3 heterocycles. The fourth-order valence-corrected chi connectivity index (χ4v) is 3.68. The van der Waals surface area contributed by atoms with Crippen LogP contribution in [-0.2, 0) is 11.3 Å². The summed E-state index contributed by atoms with van der Waals surface area (Å²) in [7, 11) is 0. The van der Waals surface area contributed by atoms with E-state index in [0.29, 0.717) is 17.7 Å². The molecule has 0 radical (unpaired) electrons. The number of fused-ring (bicyclic) bond motifs is 1. The molecule has 5 heteroatoms. The first-order valence-corrected chi connectivity index (χ1v) is 8.38. The lowest BCUT2D eigenvalue weighted by molar-refractivity contribution is -0.137. The maximum Gasteiger partial charge on any atom is 0.225 e. The summed E-state index contributed by atoms with van der Waals surface area (Å²) in [6.07, 6.45) is 6.21. The molecule has 2 fully saturated rings. The van der Waals surface area contributed by atoms with Crippen LogP contribution in [0.2, 0.25) is 0 Å². The Balaban J connectivity index is 1.59. The number of aryl methyl sites for hydroxylation is 1. The topological polar surface area (TPSA) is 51.0 Å². The minimum absolute atomic E-state index is 0.297. The summed E-state index contributed by atoms with van der Waals surface area (Å²) in [5, 5.41) is 0. The van der Waals surface area contributed by atoms with Gasteiger partial charge in [0.05, 0.1) is 0 Å². The minimum atomic E-state index is 0.297. The minimum Gasteiger partial charge on any atom is -0.342 e. The molecule has 0 N–H and O–H groups in total. The Kier molecular flexibility index (Phi) is 3.36. The Hall–Kier alpha value is -1.91. The molecule has 1 amide bonds. The van der Waals surface area contributed by atoms with Gasteiger partial charge in [-0.15, -0.1) is 0 Å². The summed E-state index contributed by atoms with van der Waals surface area (Å²) in [6, 6.07) is 3.95. The third kappa shape index (κ3) is 2.11. The zero-order chi connectivity index (χ0) is 15.1. The molecule has 1 aliphatic carbocycles. The third-order valence-electron chi connectivity index (χ3n) is 5.17. The summed E-state index contributed by atoms with van der Waals surface area (Å²) in [4.78, 5) is 23.7. The fourth-order valence-electron chi connectivity index (χ4n) is 3.68. The third-order valence-corrected chi connectivity index (χ3v) is 5.17. The summed E-state index contributed by atoms with van der Waals surface area (Å²) >= 11 is 0. The van der Waals surface area contributed by atoms with Crippen molar-refractivity contribution in [3.05, 3.63) is 24.2 Å². The molecule has 22 heavy (non-hydrogen) atoms. The van der Waals surface area contributed by atoms with Gasteiger partial charge < -0.3 is 9.47 Å². The van der Waals surface area contributed by atoms with Crippen molar-refractivity contribution < 1.29 is 4.79 Å². The van der Waals surface area contributed by atoms with E-state index in [9.17, 15) is 4.79 Å². The summed E-state index contributed by atoms with van der Waals surface area (Å²) in [5.41, 5.74) is 1.92. The highest BCUT2D eigenvalue weighted by atomic mass is 16.2. The molecule has 2 aromatic heterocycles. The molecule has 1 aliphatic heterocycles. The Morgan fingerprint density at radius 1 is 1.36 bits per heavy atom. The molecule has 2 aliphatic rings. The van der Waals surface area contributed by atoms with E-state index < -0.39 is 0 Å². The van der Waals surface area contributed by atoms with Gasteiger partial charge in [-0.25, -0.2) is 9.97 Å². The molecular formula is C17H22N4O. The number of pyridine rings is 1. The van der Waals surface area contributed by atoms with Gasteiger partial charge in [-0.2, -0.15) is 0 Å². The molecule has 0 bridgehead atoms. The van der Waals surface area contributed by atoms with Crippen molar-refractivity contribution in [2.75, 3.05) is 13.1 Å². The lowest BCUT2D eigenvalue weighted by atomic mass is 9.84. The van der Waals surface area contributed by atoms with Crippen LogP contribution in [0.5, 0.6) is 0 Å². The Morgan fingerprint density at radius 3 is 2.95 bits per heavy atom. The molecule has 1 atom stereocenters. The van der Waals surface area contributed by atoms with Crippen molar-refractivity contribution in [1.82, 2.24) is 19.4 Å². The van der Waals surface area contributed by atoms with Crippen molar-refractivity contribution >= 4 is 17.1 Å². The van der Waals surface area contributed by atoms with Gasteiger partial charge in [-0.05, 0) is 38.3 Å². The van der Waals surface area contributed by atoms with Gasteiger partial charge in [0.2, 0.25) is 5.91 Å². The van der Waals surface area contributed by atoms with Crippen LogP contribution in [0.4, 0.5) is 0 Å². The van der Waals surface area contributed by atoms with Crippen molar-refractivity contribution in [2.24, 2.45) is 5.92 Å². The Labute approximate surface area is 130 Å². The molecule has 4 rings (SSSR count). The van der Waals surface area contributed by atoms with Crippen LogP contribution in [0.15, 0.2) is 18.3 Å². The van der Waals surface area contributed by atoms with Crippen molar-refractivity contribution in [3.8, 4) is 0 Å². The molecule has 1 saturated carbocycles. The highest BCUT2D eigenvalue weighted by Gasteiger charge is 2.35. The van der Waals surface area contributed by atoms with E-state index in [1.807, 2.05) is 18.3 Å². The van der Waals surface area contributed by atoms with Crippen LogP contribution < -0.4 is 0 Å². The monoisotopic (exact) mass is 298 g/mol. The van der Waals surface area contributed by atoms with Crippen LogP contribution >= 0.6 is 0 Å². The average Bonchev–Trinajstić information content (AvgIpc) is 3.09. The van der Waals surface area contributed by atoms with Crippen LogP contribution in [0, 0.1) is 5.92 Å². The van der Waals surface area contributed by atoms with E-state index in [2.05, 4.69) is 21.4 Å². The number of nitrogens with zero attached hydrogens (tertiary/aromatic N) is 4. The van der Waals surface area contributed by atoms with Gasteiger partial charge in [0.1, 0.15) is 11.3 Å². The van der Waals surface area contributed by atoms with Crippen molar-refractivity contribution in [1.29, 1.82) is 0 Å². The first-order valence-electron chi connectivity index (χ1n) is 8.38. The number of rotatable bonds is 3. The van der Waals surface area contributed by atoms with Gasteiger partial charge in [0.15, 0.2) is 5.65 Å². The maximum absolute atomic E-state index is 12.4. The van der Waals surface area contributed by atoms with Gasteiger partial charge in [0, 0.05) is 37.7 Å². The molecule has 5 nitrogen and oxygen atoms in total. The number of carbonyl (C=O) groups excluding carboxylic acids is 1. The molecule has 116 valence electrons. The summed E-state index contributed by atoms with van der Waals surface area (Å²) < 4.78 is 2.21. The van der Waals surface area contributed by atoms with E-state index in [1.165, 1.54) is 6.42 Å². The molecule has 0 aromatic carbocycles. The van der Waals surface area contributed by atoms with E-state index >= 15 is 0 Å². The number of aromatic nitrogens is 3. The van der Waals surface area contributed by atoms with Gasteiger partial charge in [0.25, 0.3) is 0 Å². The van der Waals surface area contributed by atoms with Gasteiger partial charge in [-0.3, -0.25) is 4.79 Å².